The van der Waals surface area contributed by atoms with Crippen molar-refractivity contribution < 1.29 is 13.9 Å². The summed E-state index contributed by atoms with van der Waals surface area (Å²) in [4.78, 5) is 10.5. The van der Waals surface area contributed by atoms with Gasteiger partial charge in [-0.1, -0.05) is 27.2 Å². The Kier molecular flexibility index (Phi) is 7.14. The number of unbranched alkanes of at least 4 members (excludes halogenated alkanes) is 1. The van der Waals surface area contributed by atoms with Crippen molar-refractivity contribution in [3.63, 3.8) is 0 Å². The van der Waals surface area contributed by atoms with Crippen molar-refractivity contribution in [3.8, 4) is 5.75 Å². The molecule has 0 saturated heterocycles. The topological polar surface area (TPSA) is 34.4 Å². The first-order valence-corrected chi connectivity index (χ1v) is 13.2. The molecule has 0 amide bonds. The summed E-state index contributed by atoms with van der Waals surface area (Å²) in [5, 5.41) is 1.02. The quantitative estimate of drug-likeness (QED) is 0.381. The third kappa shape index (κ3) is 5.14. The number of rotatable bonds is 10. The Morgan fingerprint density at radius 1 is 1.19 bits per heavy atom. The van der Waals surface area contributed by atoms with Gasteiger partial charge in [0.15, 0.2) is 8.32 Å². The van der Waals surface area contributed by atoms with Crippen LogP contribution in [0.5, 0.6) is 5.75 Å². The van der Waals surface area contributed by atoms with E-state index in [0.29, 0.717) is 12.4 Å². The molecule has 0 bridgehead atoms. The third-order valence-electron chi connectivity index (χ3n) is 5.99. The van der Waals surface area contributed by atoms with Gasteiger partial charge in [0.2, 0.25) is 0 Å². The Hall–Kier alpha value is -1.33. The van der Waals surface area contributed by atoms with Gasteiger partial charge < -0.3 is 14.1 Å². The van der Waals surface area contributed by atoms with Crippen LogP contribution in [0.4, 0.5) is 4.39 Å². The van der Waals surface area contributed by atoms with Crippen molar-refractivity contribution in [1.29, 1.82) is 0 Å². The fraction of sp³-hybridized carbons (Fsp3) is 0.636. The highest BCUT2D eigenvalue weighted by atomic mass is 28.4. The molecule has 1 aromatic heterocycles. The van der Waals surface area contributed by atoms with Crippen LogP contribution < -0.4 is 4.74 Å². The van der Waals surface area contributed by atoms with Crippen molar-refractivity contribution in [2.75, 3.05) is 6.61 Å². The number of aromatic nitrogens is 1. The Morgan fingerprint density at radius 3 is 2.48 bits per heavy atom. The van der Waals surface area contributed by atoms with Crippen LogP contribution in [-0.2, 0) is 13.0 Å². The molecule has 0 spiro atoms. The van der Waals surface area contributed by atoms with Gasteiger partial charge in [-0.2, -0.15) is 0 Å². The monoisotopic (exact) mass is 393 g/mol. The standard InChI is InChI=1S/C22H36FNO2Si/c1-7-9-13-26-20-15-18(23)14-19-21(20)17(16-24(19)8-2)11-10-12-22(3,4)27(5,6)25/h14-16,25H,7-13H2,1-6H3. The number of fused-ring (bicyclic) bond motifs is 1. The fourth-order valence-electron chi connectivity index (χ4n) is 3.36. The molecular formula is C22H36FNO2Si. The summed E-state index contributed by atoms with van der Waals surface area (Å²) in [6.07, 6.45) is 7.05. The molecule has 2 aromatic rings. The molecule has 152 valence electrons. The van der Waals surface area contributed by atoms with Gasteiger partial charge in [0.05, 0.1) is 12.1 Å². The zero-order valence-electron chi connectivity index (χ0n) is 17.9. The van der Waals surface area contributed by atoms with Crippen LogP contribution in [0.15, 0.2) is 18.3 Å². The zero-order valence-corrected chi connectivity index (χ0v) is 18.9. The number of ether oxygens (including phenoxy) is 1. The van der Waals surface area contributed by atoms with Crippen molar-refractivity contribution >= 4 is 19.2 Å². The number of aryl methyl sites for hydroxylation is 2. The van der Waals surface area contributed by atoms with Gasteiger partial charge in [0, 0.05) is 24.2 Å². The lowest BCUT2D eigenvalue weighted by atomic mass is 10.0. The first-order chi connectivity index (χ1) is 12.6. The summed E-state index contributed by atoms with van der Waals surface area (Å²) in [5.41, 5.74) is 2.13. The SMILES string of the molecule is CCCCOc1cc(F)cc2c1c(CCCC(C)(C)[Si](C)(C)O)cn2CC. The molecule has 0 unspecified atom stereocenters. The van der Waals surface area contributed by atoms with E-state index in [1.54, 1.807) is 6.07 Å². The molecule has 27 heavy (non-hydrogen) atoms. The van der Waals surface area contributed by atoms with E-state index in [2.05, 4.69) is 38.5 Å². The van der Waals surface area contributed by atoms with Gasteiger partial charge in [0.25, 0.3) is 0 Å². The molecule has 0 aliphatic rings. The number of hydrogen-bond acceptors (Lipinski definition) is 2. The summed E-state index contributed by atoms with van der Waals surface area (Å²) in [7, 11) is -2.20. The average molecular weight is 394 g/mol. The smallest absolute Gasteiger partial charge is 0.188 e. The molecule has 0 radical (unpaired) electrons. The van der Waals surface area contributed by atoms with E-state index in [4.69, 9.17) is 4.74 Å². The zero-order chi connectivity index (χ0) is 20.2. The minimum Gasteiger partial charge on any atom is -0.493 e. The molecule has 0 atom stereocenters. The van der Waals surface area contributed by atoms with Crippen molar-refractivity contribution in [2.45, 2.75) is 84.5 Å². The minimum absolute atomic E-state index is 0.0251. The molecule has 1 heterocycles. The van der Waals surface area contributed by atoms with Crippen molar-refractivity contribution in [1.82, 2.24) is 4.57 Å². The molecule has 0 saturated carbocycles. The molecule has 1 N–H and O–H groups in total. The largest absolute Gasteiger partial charge is 0.493 e. The molecule has 3 nitrogen and oxygen atoms in total. The van der Waals surface area contributed by atoms with Crippen LogP contribution in [0, 0.1) is 5.82 Å². The first kappa shape index (κ1) is 22.0. The van der Waals surface area contributed by atoms with E-state index >= 15 is 0 Å². The molecule has 1 aromatic carbocycles. The first-order valence-electron chi connectivity index (χ1n) is 10.3. The van der Waals surface area contributed by atoms with E-state index in [0.717, 1.165) is 49.6 Å². The summed E-state index contributed by atoms with van der Waals surface area (Å²) >= 11 is 0. The van der Waals surface area contributed by atoms with E-state index in [9.17, 15) is 9.19 Å². The van der Waals surface area contributed by atoms with E-state index in [-0.39, 0.29) is 10.9 Å². The maximum Gasteiger partial charge on any atom is 0.188 e. The van der Waals surface area contributed by atoms with Crippen LogP contribution in [0.2, 0.25) is 18.1 Å². The van der Waals surface area contributed by atoms with Gasteiger partial charge in [-0.3, -0.25) is 0 Å². The van der Waals surface area contributed by atoms with Gasteiger partial charge >= 0.3 is 0 Å². The Labute approximate surface area is 164 Å². The predicted molar refractivity (Wildman–Crippen MR) is 115 cm³/mol. The summed E-state index contributed by atoms with van der Waals surface area (Å²) in [6.45, 7) is 14.0. The predicted octanol–water partition coefficient (Wildman–Crippen LogP) is 6.28. The maximum atomic E-state index is 14.2. The van der Waals surface area contributed by atoms with E-state index in [1.165, 1.54) is 11.6 Å². The van der Waals surface area contributed by atoms with Gasteiger partial charge in [-0.15, -0.1) is 0 Å². The number of hydrogen-bond donors (Lipinski definition) is 1. The van der Waals surface area contributed by atoms with Gasteiger partial charge in [-0.25, -0.2) is 4.39 Å². The Morgan fingerprint density at radius 2 is 1.89 bits per heavy atom. The lowest BCUT2D eigenvalue weighted by Crippen LogP contribution is -2.38. The molecule has 2 rings (SSSR count). The van der Waals surface area contributed by atoms with Crippen LogP contribution in [0.25, 0.3) is 10.9 Å². The molecule has 0 aliphatic heterocycles. The van der Waals surface area contributed by atoms with Crippen LogP contribution in [0.3, 0.4) is 0 Å². The number of benzene rings is 1. The van der Waals surface area contributed by atoms with Crippen molar-refractivity contribution in [2.24, 2.45) is 0 Å². The van der Waals surface area contributed by atoms with Gasteiger partial charge in [0.1, 0.15) is 11.6 Å². The second-order valence-corrected chi connectivity index (χ2v) is 13.2. The second kappa shape index (κ2) is 8.78. The fourth-order valence-corrected chi connectivity index (χ4v) is 4.15. The molecule has 5 heteroatoms. The number of nitrogens with zero attached hydrogens (tertiary/aromatic N) is 1. The summed E-state index contributed by atoms with van der Waals surface area (Å²) in [5.74, 6) is 0.416. The van der Waals surface area contributed by atoms with E-state index < -0.39 is 8.32 Å². The lowest BCUT2D eigenvalue weighted by molar-refractivity contribution is 0.311. The van der Waals surface area contributed by atoms with Crippen molar-refractivity contribution in [3.05, 3.63) is 29.7 Å². The highest BCUT2D eigenvalue weighted by Gasteiger charge is 2.37. The van der Waals surface area contributed by atoms with Crippen LogP contribution in [-0.4, -0.2) is 24.3 Å². The summed E-state index contributed by atoms with van der Waals surface area (Å²) < 4.78 is 22.2. The Balaban J connectivity index is 2.30. The third-order valence-corrected chi connectivity index (χ3v) is 9.55. The molecular weight excluding hydrogens is 357 g/mol. The van der Waals surface area contributed by atoms with Crippen LogP contribution >= 0.6 is 0 Å². The number of halogens is 1. The lowest BCUT2D eigenvalue weighted by Gasteiger charge is -2.35. The molecule has 0 fully saturated rings. The Bertz CT molecular complexity index is 762. The molecule has 0 aliphatic carbocycles. The average Bonchev–Trinajstić information content (AvgIpc) is 2.91. The normalized spacial score (nSPS) is 12.7. The summed E-state index contributed by atoms with van der Waals surface area (Å²) in [6, 6.07) is 3.14. The minimum atomic E-state index is -2.20. The highest BCUT2D eigenvalue weighted by Crippen LogP contribution is 2.41. The van der Waals surface area contributed by atoms with E-state index in [1.807, 2.05) is 13.1 Å². The highest BCUT2D eigenvalue weighted by molar-refractivity contribution is 6.72. The second-order valence-electron chi connectivity index (χ2n) is 8.74. The van der Waals surface area contributed by atoms with Gasteiger partial charge in [-0.05, 0) is 62.4 Å². The van der Waals surface area contributed by atoms with Crippen LogP contribution in [0.1, 0.15) is 58.9 Å². The maximum absolute atomic E-state index is 14.2.